The molecule has 1 heterocycles. The maximum Gasteiger partial charge on any atom is 0.143 e. The zero-order chi connectivity index (χ0) is 16.9. The normalized spacial score (nSPS) is 16.6. The fraction of sp³-hybridized carbons (Fsp3) is 0.350. The second-order valence-electron chi connectivity index (χ2n) is 6.10. The van der Waals surface area contributed by atoms with Crippen molar-refractivity contribution in [2.45, 2.75) is 19.4 Å². The van der Waals surface area contributed by atoms with Crippen LogP contribution in [0.25, 0.3) is 0 Å². The molecule has 1 aliphatic rings. The third kappa shape index (κ3) is 3.27. The summed E-state index contributed by atoms with van der Waals surface area (Å²) >= 11 is 0. The third-order valence-electron chi connectivity index (χ3n) is 4.77. The highest BCUT2D eigenvalue weighted by Crippen LogP contribution is 2.28. The average molecular weight is 323 g/mol. The van der Waals surface area contributed by atoms with Crippen molar-refractivity contribution in [3.05, 3.63) is 65.5 Å². The van der Waals surface area contributed by atoms with Crippen LogP contribution in [0.5, 0.6) is 0 Å². The van der Waals surface area contributed by atoms with Crippen LogP contribution in [0.2, 0.25) is 0 Å². The molecule has 1 aliphatic heterocycles. The topological polar surface area (TPSA) is 30.3 Å². The van der Waals surface area contributed by atoms with Crippen molar-refractivity contribution in [2.24, 2.45) is 0 Å². The van der Waals surface area contributed by atoms with Crippen LogP contribution in [-0.4, -0.2) is 31.1 Å². The first-order chi connectivity index (χ1) is 11.7. The second-order valence-corrected chi connectivity index (χ2v) is 6.10. The summed E-state index contributed by atoms with van der Waals surface area (Å²) in [7, 11) is 0. The molecule has 3 rings (SSSR count). The Kier molecular flexibility index (Phi) is 5.12. The Balaban J connectivity index is 1.72. The molecular formula is C20H22FN3. The van der Waals surface area contributed by atoms with E-state index in [4.69, 9.17) is 0 Å². The molecule has 0 spiro atoms. The zero-order valence-corrected chi connectivity index (χ0v) is 14.0. The molecular weight excluding hydrogens is 301 g/mol. The summed E-state index contributed by atoms with van der Waals surface area (Å²) in [4.78, 5) is 4.60. The van der Waals surface area contributed by atoms with E-state index in [-0.39, 0.29) is 5.56 Å². The Labute approximate surface area is 142 Å². The van der Waals surface area contributed by atoms with E-state index in [1.54, 1.807) is 6.07 Å². The van der Waals surface area contributed by atoms with Crippen molar-refractivity contribution >= 4 is 5.69 Å². The summed E-state index contributed by atoms with van der Waals surface area (Å²) in [6.45, 7) is 5.65. The molecule has 0 radical (unpaired) electrons. The number of rotatable bonds is 4. The highest BCUT2D eigenvalue weighted by Gasteiger charge is 2.25. The van der Waals surface area contributed by atoms with Gasteiger partial charge >= 0.3 is 0 Å². The van der Waals surface area contributed by atoms with Crippen molar-refractivity contribution in [3.63, 3.8) is 0 Å². The molecule has 4 heteroatoms. The minimum atomic E-state index is -0.437. The van der Waals surface area contributed by atoms with Gasteiger partial charge in [-0.05, 0) is 24.1 Å². The predicted octanol–water partition coefficient (Wildman–Crippen LogP) is 3.97. The monoisotopic (exact) mass is 323 g/mol. The Morgan fingerprint density at radius 3 is 2.38 bits per heavy atom. The van der Waals surface area contributed by atoms with Crippen molar-refractivity contribution in [3.8, 4) is 6.07 Å². The predicted molar refractivity (Wildman–Crippen MR) is 94.4 cm³/mol. The van der Waals surface area contributed by atoms with E-state index in [9.17, 15) is 9.65 Å². The van der Waals surface area contributed by atoms with Gasteiger partial charge in [0.2, 0.25) is 0 Å². The number of hydrogen-bond acceptors (Lipinski definition) is 3. The van der Waals surface area contributed by atoms with Gasteiger partial charge in [0.05, 0.1) is 5.69 Å². The molecule has 0 amide bonds. The number of nitriles is 1. The number of halogens is 1. The number of nitrogens with zero attached hydrogens (tertiary/aromatic N) is 3. The van der Waals surface area contributed by atoms with Crippen molar-refractivity contribution < 1.29 is 4.39 Å². The first-order valence-electron chi connectivity index (χ1n) is 8.47. The average Bonchev–Trinajstić information content (AvgIpc) is 2.64. The summed E-state index contributed by atoms with van der Waals surface area (Å²) in [6.07, 6.45) is 1.06. The number of hydrogen-bond donors (Lipinski definition) is 0. The smallest absolute Gasteiger partial charge is 0.143 e. The molecule has 1 fully saturated rings. The molecule has 1 saturated heterocycles. The molecule has 24 heavy (non-hydrogen) atoms. The fourth-order valence-corrected chi connectivity index (χ4v) is 3.54. The van der Waals surface area contributed by atoms with Crippen LogP contribution in [0.3, 0.4) is 0 Å². The summed E-state index contributed by atoms with van der Waals surface area (Å²) in [5, 5.41) is 9.23. The minimum Gasteiger partial charge on any atom is -0.368 e. The lowest BCUT2D eigenvalue weighted by Crippen LogP contribution is -2.47. The summed E-state index contributed by atoms with van der Waals surface area (Å²) in [5.74, 6) is -0.437. The van der Waals surface area contributed by atoms with E-state index < -0.39 is 5.82 Å². The maximum atomic E-state index is 13.8. The largest absolute Gasteiger partial charge is 0.368 e. The number of anilines is 1. The lowest BCUT2D eigenvalue weighted by Gasteiger charge is -2.40. The minimum absolute atomic E-state index is 0.154. The van der Waals surface area contributed by atoms with Gasteiger partial charge in [-0.2, -0.15) is 5.26 Å². The van der Waals surface area contributed by atoms with Gasteiger partial charge < -0.3 is 4.90 Å². The lowest BCUT2D eigenvalue weighted by molar-refractivity contribution is 0.181. The Morgan fingerprint density at radius 1 is 1.04 bits per heavy atom. The third-order valence-corrected chi connectivity index (χ3v) is 4.77. The number of piperazine rings is 1. The van der Waals surface area contributed by atoms with Crippen LogP contribution >= 0.6 is 0 Å². The molecule has 1 unspecified atom stereocenters. The van der Waals surface area contributed by atoms with Gasteiger partial charge in [0.1, 0.15) is 17.4 Å². The molecule has 0 aliphatic carbocycles. The van der Waals surface area contributed by atoms with Crippen LogP contribution in [0.4, 0.5) is 10.1 Å². The van der Waals surface area contributed by atoms with Gasteiger partial charge in [-0.3, -0.25) is 4.90 Å². The lowest BCUT2D eigenvalue weighted by atomic mass is 10.0. The SMILES string of the molecule is CCC(c1ccccc1)N1CCN(c2cccc(F)c2C#N)CC1. The Bertz CT molecular complexity index is 715. The van der Waals surface area contributed by atoms with E-state index in [1.807, 2.05) is 18.2 Å². The summed E-state index contributed by atoms with van der Waals surface area (Å²) in [6, 6.07) is 17.9. The van der Waals surface area contributed by atoms with Crippen LogP contribution in [0.1, 0.15) is 30.5 Å². The Hall–Kier alpha value is -2.38. The van der Waals surface area contributed by atoms with Crippen molar-refractivity contribution in [2.75, 3.05) is 31.1 Å². The second kappa shape index (κ2) is 7.46. The Morgan fingerprint density at radius 2 is 1.75 bits per heavy atom. The summed E-state index contributed by atoms with van der Waals surface area (Å²) in [5.41, 5.74) is 2.21. The standard InChI is InChI=1S/C20H22FN3/c1-2-19(16-7-4-3-5-8-16)23-11-13-24(14-12-23)20-10-6-9-18(21)17(20)15-22/h3-10,19H,2,11-14H2,1H3. The zero-order valence-electron chi connectivity index (χ0n) is 14.0. The van der Waals surface area contributed by atoms with E-state index in [0.29, 0.717) is 11.7 Å². The van der Waals surface area contributed by atoms with E-state index in [1.165, 1.54) is 11.6 Å². The quantitative estimate of drug-likeness (QED) is 0.853. The van der Waals surface area contributed by atoms with Crippen LogP contribution in [0, 0.1) is 17.1 Å². The first-order valence-corrected chi connectivity index (χ1v) is 8.47. The molecule has 0 bridgehead atoms. The summed E-state index contributed by atoms with van der Waals surface area (Å²) < 4.78 is 13.8. The van der Waals surface area contributed by atoms with Crippen molar-refractivity contribution in [1.29, 1.82) is 5.26 Å². The molecule has 124 valence electrons. The fourth-order valence-electron chi connectivity index (χ4n) is 3.54. The van der Waals surface area contributed by atoms with E-state index >= 15 is 0 Å². The van der Waals surface area contributed by atoms with Gasteiger partial charge in [-0.15, -0.1) is 0 Å². The van der Waals surface area contributed by atoms with Gasteiger partial charge in [-0.25, -0.2) is 4.39 Å². The van der Waals surface area contributed by atoms with Crippen LogP contribution in [-0.2, 0) is 0 Å². The first kappa shape index (κ1) is 16.5. The maximum absolute atomic E-state index is 13.8. The molecule has 0 aromatic heterocycles. The van der Waals surface area contributed by atoms with Gasteiger partial charge in [0.25, 0.3) is 0 Å². The van der Waals surface area contributed by atoms with Crippen LogP contribution in [0.15, 0.2) is 48.5 Å². The van der Waals surface area contributed by atoms with Gasteiger partial charge in [0.15, 0.2) is 0 Å². The molecule has 1 atom stereocenters. The molecule has 2 aromatic rings. The highest BCUT2D eigenvalue weighted by molar-refractivity contribution is 5.60. The molecule has 0 N–H and O–H groups in total. The van der Waals surface area contributed by atoms with E-state index in [0.717, 1.165) is 32.6 Å². The van der Waals surface area contributed by atoms with Gasteiger partial charge in [-0.1, -0.05) is 43.3 Å². The molecule has 2 aromatic carbocycles. The molecule has 3 nitrogen and oxygen atoms in total. The van der Waals surface area contributed by atoms with Crippen molar-refractivity contribution in [1.82, 2.24) is 4.90 Å². The van der Waals surface area contributed by atoms with Gasteiger partial charge in [0, 0.05) is 32.2 Å². The van der Waals surface area contributed by atoms with E-state index in [2.05, 4.69) is 41.0 Å². The highest BCUT2D eigenvalue weighted by atomic mass is 19.1. The van der Waals surface area contributed by atoms with Crippen LogP contribution < -0.4 is 4.90 Å². The number of benzene rings is 2. The molecule has 0 saturated carbocycles.